The van der Waals surface area contributed by atoms with Gasteiger partial charge in [-0.2, -0.15) is 47.7 Å². The summed E-state index contributed by atoms with van der Waals surface area (Å²) in [6.07, 6.45) is 0. The molecule has 0 aromatic carbocycles. The van der Waals surface area contributed by atoms with Gasteiger partial charge in [-0.1, -0.05) is 0 Å². The van der Waals surface area contributed by atoms with Crippen molar-refractivity contribution in [1.82, 2.24) is 13.1 Å². The summed E-state index contributed by atoms with van der Waals surface area (Å²) < 4.78 is 184. The van der Waals surface area contributed by atoms with Crippen molar-refractivity contribution >= 4 is 30.1 Å². The van der Waals surface area contributed by atoms with Crippen molar-refractivity contribution in [2.45, 2.75) is 21.9 Å². The quantitative estimate of drug-likeness (QED) is 0.334. The molecular weight excluding hydrogens is 529 g/mol. The van der Waals surface area contributed by atoms with Crippen LogP contribution >= 0.6 is 0 Å². The Morgan fingerprint density at radius 2 is 1.10 bits per heavy atom. The van der Waals surface area contributed by atoms with Crippen LogP contribution in [0.4, 0.5) is 39.5 Å². The summed E-state index contributed by atoms with van der Waals surface area (Å²) in [5, 5.41) is -3.69. The highest BCUT2D eigenvalue weighted by Gasteiger charge is 2.83. The second-order valence-corrected chi connectivity index (χ2v) is 11.7. The lowest BCUT2D eigenvalue weighted by Crippen LogP contribution is -2.66. The van der Waals surface area contributed by atoms with Crippen molar-refractivity contribution in [2.24, 2.45) is 0 Å². The van der Waals surface area contributed by atoms with Gasteiger partial charge in [0, 0.05) is 26.2 Å². The summed E-state index contributed by atoms with van der Waals surface area (Å²) in [6, 6.07) is 0. The first-order chi connectivity index (χ1) is 13.4. The first kappa shape index (κ1) is 28.1. The highest BCUT2D eigenvalue weighted by molar-refractivity contribution is 8.05. The molecule has 0 aliphatic carbocycles. The highest BCUT2D eigenvalue weighted by atomic mass is 32.3. The number of sulfonamides is 3. The third-order valence-corrected chi connectivity index (χ3v) is 9.27. The molecular formula is C9H11F9N3O7S3-. The lowest BCUT2D eigenvalue weighted by atomic mass is 10.3. The van der Waals surface area contributed by atoms with Gasteiger partial charge in [-0.25, -0.2) is 25.3 Å². The van der Waals surface area contributed by atoms with Crippen LogP contribution in [0.25, 0.3) is 0 Å². The van der Waals surface area contributed by atoms with E-state index in [1.54, 1.807) is 0 Å². The zero-order valence-corrected chi connectivity index (χ0v) is 17.1. The molecule has 1 fully saturated rings. The van der Waals surface area contributed by atoms with Gasteiger partial charge in [0.15, 0.2) is 0 Å². The van der Waals surface area contributed by atoms with E-state index in [-0.39, 0.29) is 13.1 Å². The molecule has 0 bridgehead atoms. The summed E-state index contributed by atoms with van der Waals surface area (Å²) in [5.74, 6) is -7.59. The monoisotopic (exact) mass is 540 g/mol. The molecule has 0 unspecified atom stereocenters. The van der Waals surface area contributed by atoms with E-state index in [0.29, 0.717) is 0 Å². The van der Waals surface area contributed by atoms with Crippen LogP contribution in [0.15, 0.2) is 0 Å². The summed E-state index contributed by atoms with van der Waals surface area (Å²) in [5.41, 5.74) is -6.92. The van der Waals surface area contributed by atoms with Gasteiger partial charge < -0.3 is 10.1 Å². The van der Waals surface area contributed by atoms with E-state index in [0.717, 1.165) is 0 Å². The smallest absolute Gasteiger partial charge is 0.511 e. The van der Waals surface area contributed by atoms with Crippen molar-refractivity contribution < 1.29 is 64.8 Å². The number of alkyl halides is 9. The Labute approximate surface area is 168 Å². The molecule has 0 spiro atoms. The number of hydrogen-bond donors (Lipinski definition) is 0. The van der Waals surface area contributed by atoms with Crippen LogP contribution in [-0.2, 0) is 30.1 Å². The van der Waals surface area contributed by atoms with Crippen LogP contribution in [0.5, 0.6) is 0 Å². The molecule has 1 aliphatic heterocycles. The topological polar surface area (TPSA) is 135 Å². The lowest BCUT2D eigenvalue weighted by molar-refractivity contribution is -0.245. The SMILES string of the molecule is CN1CCN(S(=O)(=O)C(F)(F)C(F)(F)C(F)(F)S(=O)(=O)N([O-])S(=O)(=O)C(F)(F)F)CC1. The third kappa shape index (κ3) is 4.10. The van der Waals surface area contributed by atoms with Crippen LogP contribution in [0, 0.1) is 5.21 Å². The highest BCUT2D eigenvalue weighted by Crippen LogP contribution is 2.52. The normalized spacial score (nSPS) is 19.7. The van der Waals surface area contributed by atoms with E-state index in [9.17, 15) is 70.0 Å². The van der Waals surface area contributed by atoms with Gasteiger partial charge in [-0.05, 0) is 7.05 Å². The van der Waals surface area contributed by atoms with E-state index < -0.39 is 73.3 Å². The fourth-order valence-electron chi connectivity index (χ4n) is 1.99. The number of rotatable bonds is 7. The maximum atomic E-state index is 14.1. The largest absolute Gasteiger partial charge is 0.759 e. The van der Waals surface area contributed by atoms with E-state index in [1.807, 2.05) is 0 Å². The molecule has 186 valence electrons. The van der Waals surface area contributed by atoms with E-state index in [1.165, 1.54) is 11.9 Å². The number of nitrogens with zero attached hydrogens (tertiary/aromatic N) is 3. The van der Waals surface area contributed by atoms with E-state index >= 15 is 0 Å². The van der Waals surface area contributed by atoms with Crippen LogP contribution in [0.1, 0.15) is 0 Å². The molecule has 10 nitrogen and oxygen atoms in total. The maximum absolute atomic E-state index is 14.1. The summed E-state index contributed by atoms with van der Waals surface area (Å²) in [7, 11) is -21.6. The molecule has 0 N–H and O–H groups in total. The predicted molar refractivity (Wildman–Crippen MR) is 81.9 cm³/mol. The molecule has 1 saturated heterocycles. The van der Waals surface area contributed by atoms with Gasteiger partial charge in [0.1, 0.15) is 0 Å². The van der Waals surface area contributed by atoms with E-state index in [4.69, 9.17) is 0 Å². The minimum atomic E-state index is -8.30. The van der Waals surface area contributed by atoms with Crippen molar-refractivity contribution in [3.05, 3.63) is 5.21 Å². The first-order valence-electron chi connectivity index (χ1n) is 7.26. The standard InChI is InChI=1S/C9H11F9N3O7S3/c1-19-2-4-20(5-3-19)29(23,24)7(12,13)6(10,11)8(14,15)30(25,26)21(22)31(27,28)9(16,17)18/h2-5H2,1H3/q-1. The Kier molecular flexibility index (Phi) is 7.10. The molecule has 0 aromatic heterocycles. The average molecular weight is 540 g/mol. The fraction of sp³-hybridized carbons (Fsp3) is 1.00. The molecule has 31 heavy (non-hydrogen) atoms. The van der Waals surface area contributed by atoms with Crippen molar-refractivity contribution in [2.75, 3.05) is 33.2 Å². The van der Waals surface area contributed by atoms with Crippen LogP contribution in [0.2, 0.25) is 0 Å². The molecule has 22 heteroatoms. The first-order valence-corrected chi connectivity index (χ1v) is 11.6. The predicted octanol–water partition coefficient (Wildman–Crippen LogP) is 0.364. The number of piperazine rings is 1. The third-order valence-electron chi connectivity index (χ3n) is 3.87. The molecule has 0 aromatic rings. The van der Waals surface area contributed by atoms with Gasteiger partial charge in [0.25, 0.3) is 20.0 Å². The summed E-state index contributed by atoms with van der Waals surface area (Å²) in [6.45, 7) is -2.60. The van der Waals surface area contributed by atoms with Crippen molar-refractivity contribution in [1.29, 1.82) is 0 Å². The number of likely N-dealkylation sites (N-methyl/N-ethyl adjacent to an activating group) is 1. The van der Waals surface area contributed by atoms with Crippen LogP contribution in [0.3, 0.4) is 0 Å². The van der Waals surface area contributed by atoms with Crippen LogP contribution in [-0.4, -0.2) is 93.5 Å². The molecule has 0 saturated carbocycles. The van der Waals surface area contributed by atoms with E-state index in [2.05, 4.69) is 0 Å². The summed E-state index contributed by atoms with van der Waals surface area (Å²) >= 11 is 0. The molecule has 0 atom stereocenters. The van der Waals surface area contributed by atoms with Gasteiger partial charge in [-0.15, -0.1) is 0 Å². The Morgan fingerprint density at radius 1 is 0.710 bits per heavy atom. The lowest BCUT2D eigenvalue weighted by Gasteiger charge is -2.39. The molecule has 1 heterocycles. The zero-order chi connectivity index (χ0) is 25.1. The second kappa shape index (κ2) is 7.83. The number of halogens is 9. The summed E-state index contributed by atoms with van der Waals surface area (Å²) in [4.78, 5) is 1.30. The second-order valence-electron chi connectivity index (χ2n) is 5.93. The van der Waals surface area contributed by atoms with Gasteiger partial charge >= 0.3 is 32.0 Å². The fourth-order valence-corrected chi connectivity index (χ4v) is 5.85. The zero-order valence-electron chi connectivity index (χ0n) is 14.7. The van der Waals surface area contributed by atoms with Crippen LogP contribution < -0.4 is 0 Å². The molecule has 0 amide bonds. The Balaban J connectivity index is 3.55. The van der Waals surface area contributed by atoms with Gasteiger partial charge in [-0.3, -0.25) is 0 Å². The molecule has 1 aliphatic rings. The molecule has 1 rings (SSSR count). The average Bonchev–Trinajstić information content (AvgIpc) is 2.59. The maximum Gasteiger partial charge on any atom is 0.511 e. The Morgan fingerprint density at radius 3 is 1.45 bits per heavy atom. The Hall–Kier alpha value is -0.940. The van der Waals surface area contributed by atoms with Crippen molar-refractivity contribution in [3.63, 3.8) is 0 Å². The minimum Gasteiger partial charge on any atom is -0.759 e. The minimum absolute atomic E-state index is 0.353. The Bertz CT molecular complexity index is 1000. The van der Waals surface area contributed by atoms with Gasteiger partial charge in [0.05, 0.1) is 0 Å². The molecule has 0 radical (unpaired) electrons. The van der Waals surface area contributed by atoms with Crippen molar-refractivity contribution in [3.8, 4) is 0 Å². The van der Waals surface area contributed by atoms with Gasteiger partial charge in [0.2, 0.25) is 0 Å². The number of hydrogen-bond acceptors (Lipinski definition) is 8.